The zero-order valence-corrected chi connectivity index (χ0v) is 11.7. The first-order chi connectivity index (χ1) is 8.63. The summed E-state index contributed by atoms with van der Waals surface area (Å²) in [4.78, 5) is 11.3. The van der Waals surface area contributed by atoms with Gasteiger partial charge < -0.3 is 15.6 Å². The van der Waals surface area contributed by atoms with Crippen molar-refractivity contribution in [2.24, 2.45) is 11.7 Å². The van der Waals surface area contributed by atoms with Crippen LogP contribution in [0.4, 0.5) is 0 Å². The van der Waals surface area contributed by atoms with Gasteiger partial charge in [0.1, 0.15) is 0 Å². The minimum Gasteiger partial charge on any atom is -0.465 e. The number of hydrogen-bond donors (Lipinski definition) is 2. The molecule has 2 atom stereocenters. The van der Waals surface area contributed by atoms with Crippen LogP contribution in [-0.4, -0.2) is 24.3 Å². The number of hydrogen-bond acceptors (Lipinski definition) is 4. The first-order valence-corrected chi connectivity index (χ1v) is 6.25. The smallest absolute Gasteiger partial charge is 0.337 e. The highest BCUT2D eigenvalue weighted by Gasteiger charge is 2.30. The van der Waals surface area contributed by atoms with E-state index >= 15 is 0 Å². The first kappa shape index (κ1) is 16.0. The van der Waals surface area contributed by atoms with E-state index in [2.05, 4.69) is 4.74 Å². The van der Waals surface area contributed by atoms with Gasteiger partial charge in [0.15, 0.2) is 0 Å². The predicted molar refractivity (Wildman–Crippen MR) is 75.3 cm³/mol. The summed E-state index contributed by atoms with van der Waals surface area (Å²) in [5, 5.41) is 10.1. The molecule has 4 nitrogen and oxygen atoms in total. The highest BCUT2D eigenvalue weighted by atomic mass is 35.5. The molecule has 5 heteroatoms. The number of nitrogens with two attached hydrogens (primary N) is 1. The van der Waals surface area contributed by atoms with Crippen molar-refractivity contribution in [2.75, 3.05) is 7.11 Å². The lowest BCUT2D eigenvalue weighted by Crippen LogP contribution is -2.36. The normalized spacial score (nSPS) is 17.8. The van der Waals surface area contributed by atoms with Gasteiger partial charge >= 0.3 is 5.97 Å². The Bertz CT molecular complexity index is 417. The monoisotopic (exact) mass is 285 g/mol. The van der Waals surface area contributed by atoms with E-state index in [1.807, 2.05) is 0 Å². The Hall–Kier alpha value is -1.10. The van der Waals surface area contributed by atoms with Gasteiger partial charge in [-0.3, -0.25) is 0 Å². The van der Waals surface area contributed by atoms with Crippen LogP contribution < -0.4 is 5.73 Å². The number of carbonyl (C=O) groups is 1. The summed E-state index contributed by atoms with van der Waals surface area (Å²) in [6, 6.07) is 6.52. The third kappa shape index (κ3) is 3.47. The molecular formula is C14H20ClNO3. The Kier molecular flexibility index (Phi) is 5.79. The second-order valence-electron chi connectivity index (χ2n) is 4.82. The molecule has 0 spiro atoms. The summed E-state index contributed by atoms with van der Waals surface area (Å²) in [5.41, 5.74) is 7.38. The van der Waals surface area contributed by atoms with Crippen LogP contribution >= 0.6 is 12.4 Å². The number of methoxy groups -OCH3 is 1. The molecule has 0 unspecified atom stereocenters. The van der Waals surface area contributed by atoms with E-state index < -0.39 is 6.10 Å². The minimum atomic E-state index is -0.497. The van der Waals surface area contributed by atoms with E-state index in [1.54, 1.807) is 24.3 Å². The summed E-state index contributed by atoms with van der Waals surface area (Å²) in [5.74, 6) is -0.0463. The van der Waals surface area contributed by atoms with Crippen LogP contribution in [0.3, 0.4) is 0 Å². The number of aliphatic hydroxyl groups excluding tert-OH is 1. The second-order valence-corrected chi connectivity index (χ2v) is 4.82. The van der Waals surface area contributed by atoms with E-state index in [9.17, 15) is 9.90 Å². The Labute approximate surface area is 119 Å². The number of benzene rings is 1. The van der Waals surface area contributed by atoms with E-state index in [4.69, 9.17) is 5.73 Å². The molecule has 0 saturated heterocycles. The quantitative estimate of drug-likeness (QED) is 0.831. The molecule has 1 aliphatic carbocycles. The van der Waals surface area contributed by atoms with Crippen molar-refractivity contribution in [1.82, 2.24) is 0 Å². The lowest BCUT2D eigenvalue weighted by Gasteiger charge is -2.33. The average Bonchev–Trinajstić information content (AvgIpc) is 2.35. The number of rotatable bonds is 4. The third-order valence-corrected chi connectivity index (χ3v) is 3.72. The summed E-state index contributed by atoms with van der Waals surface area (Å²) in [6.07, 6.45) is 2.78. The van der Waals surface area contributed by atoms with Gasteiger partial charge in [0.05, 0.1) is 24.8 Å². The maximum atomic E-state index is 11.3. The number of carbonyl (C=O) groups excluding carboxylic acids is 1. The maximum Gasteiger partial charge on any atom is 0.337 e. The van der Waals surface area contributed by atoms with E-state index in [0.717, 1.165) is 18.4 Å². The molecule has 19 heavy (non-hydrogen) atoms. The van der Waals surface area contributed by atoms with E-state index in [-0.39, 0.29) is 24.4 Å². The van der Waals surface area contributed by atoms with Crippen LogP contribution in [0, 0.1) is 5.92 Å². The first-order valence-electron chi connectivity index (χ1n) is 6.25. The molecule has 0 amide bonds. The van der Waals surface area contributed by atoms with Crippen LogP contribution in [0.5, 0.6) is 0 Å². The largest absolute Gasteiger partial charge is 0.465 e. The molecule has 1 saturated carbocycles. The zero-order chi connectivity index (χ0) is 13.1. The third-order valence-electron chi connectivity index (χ3n) is 3.72. The fourth-order valence-electron chi connectivity index (χ4n) is 2.23. The van der Waals surface area contributed by atoms with Gasteiger partial charge in [0, 0.05) is 0 Å². The number of aliphatic hydroxyl groups is 1. The summed E-state index contributed by atoms with van der Waals surface area (Å²) < 4.78 is 4.63. The summed E-state index contributed by atoms with van der Waals surface area (Å²) in [6.45, 7) is 0. The number of ether oxygens (including phenoxy) is 1. The van der Waals surface area contributed by atoms with Crippen molar-refractivity contribution in [3.05, 3.63) is 35.4 Å². The van der Waals surface area contributed by atoms with Gasteiger partial charge in [0.2, 0.25) is 0 Å². The number of esters is 1. The Morgan fingerprint density at radius 2 is 1.95 bits per heavy atom. The van der Waals surface area contributed by atoms with E-state index in [1.165, 1.54) is 13.5 Å². The standard InChI is InChI=1S/C14H19NO3.ClH/c1-18-14(17)11-7-5-9(6-8-11)12(15)13(16)10-3-2-4-10;/h5-8,10,12-13,16H,2-4,15H2,1H3;1H/t12-,13+;/m1./s1. The SMILES string of the molecule is COC(=O)c1ccc([C@@H](N)[C@@H](O)C2CCC2)cc1.Cl. The van der Waals surface area contributed by atoms with Crippen LogP contribution in [-0.2, 0) is 4.74 Å². The molecule has 0 heterocycles. The Balaban J connectivity index is 0.00000180. The Morgan fingerprint density at radius 3 is 2.37 bits per heavy atom. The van der Waals surface area contributed by atoms with Crippen molar-refractivity contribution < 1.29 is 14.6 Å². The molecule has 1 fully saturated rings. The molecule has 0 radical (unpaired) electrons. The van der Waals surface area contributed by atoms with Gasteiger partial charge in [0.25, 0.3) is 0 Å². The summed E-state index contributed by atoms with van der Waals surface area (Å²) in [7, 11) is 1.35. The minimum absolute atomic E-state index is 0. The highest BCUT2D eigenvalue weighted by molar-refractivity contribution is 5.89. The van der Waals surface area contributed by atoms with Crippen molar-refractivity contribution in [2.45, 2.75) is 31.4 Å². The Morgan fingerprint density at radius 1 is 1.37 bits per heavy atom. The predicted octanol–water partition coefficient (Wildman–Crippen LogP) is 2.06. The van der Waals surface area contributed by atoms with Gasteiger partial charge in [-0.05, 0) is 36.5 Å². The van der Waals surface area contributed by atoms with Crippen LogP contribution in [0.2, 0.25) is 0 Å². The van der Waals surface area contributed by atoms with Crippen molar-refractivity contribution >= 4 is 18.4 Å². The molecule has 1 aromatic carbocycles. The van der Waals surface area contributed by atoms with Gasteiger partial charge in [-0.15, -0.1) is 12.4 Å². The van der Waals surface area contributed by atoms with Crippen LogP contribution in [0.1, 0.15) is 41.2 Å². The maximum absolute atomic E-state index is 11.3. The van der Waals surface area contributed by atoms with Gasteiger partial charge in [-0.1, -0.05) is 18.6 Å². The topological polar surface area (TPSA) is 72.5 Å². The zero-order valence-electron chi connectivity index (χ0n) is 10.9. The molecule has 1 aliphatic rings. The highest BCUT2D eigenvalue weighted by Crippen LogP contribution is 2.34. The van der Waals surface area contributed by atoms with Crippen molar-refractivity contribution in [1.29, 1.82) is 0 Å². The second kappa shape index (κ2) is 6.89. The number of halogens is 1. The molecule has 1 aromatic rings. The van der Waals surface area contributed by atoms with Crippen LogP contribution in [0.25, 0.3) is 0 Å². The lowest BCUT2D eigenvalue weighted by molar-refractivity contribution is 0.0413. The van der Waals surface area contributed by atoms with Gasteiger partial charge in [-0.2, -0.15) is 0 Å². The van der Waals surface area contributed by atoms with Crippen molar-refractivity contribution in [3.8, 4) is 0 Å². The fraction of sp³-hybridized carbons (Fsp3) is 0.500. The molecule has 2 rings (SSSR count). The molecule has 106 valence electrons. The summed E-state index contributed by atoms with van der Waals surface area (Å²) >= 11 is 0. The van der Waals surface area contributed by atoms with Crippen molar-refractivity contribution in [3.63, 3.8) is 0 Å². The lowest BCUT2D eigenvalue weighted by atomic mass is 9.77. The molecular weight excluding hydrogens is 266 g/mol. The van der Waals surface area contributed by atoms with Crippen LogP contribution in [0.15, 0.2) is 24.3 Å². The molecule has 3 N–H and O–H groups in total. The van der Waals surface area contributed by atoms with Gasteiger partial charge in [-0.25, -0.2) is 4.79 Å². The van der Waals surface area contributed by atoms with E-state index in [0.29, 0.717) is 11.5 Å². The fourth-order valence-corrected chi connectivity index (χ4v) is 2.23. The average molecular weight is 286 g/mol. The molecule has 0 aromatic heterocycles. The molecule has 0 bridgehead atoms. The molecule has 0 aliphatic heterocycles.